The van der Waals surface area contributed by atoms with E-state index >= 15 is 0 Å². The number of hydrogen-bond donors (Lipinski definition) is 5. The van der Waals surface area contributed by atoms with Crippen LogP contribution in [0.15, 0.2) is 68.0 Å². The summed E-state index contributed by atoms with van der Waals surface area (Å²) in [6.07, 6.45) is -0.213. The molecule has 1 heterocycles. The number of carbonyl (C=O) groups excluding carboxylic acids is 3. The highest BCUT2D eigenvalue weighted by atomic mass is 79.9. The SMILES string of the molecule is CC(C)(C)OC(=O)N(CCO)Cc1cc(Br)ccc1O.CC(C)(C)OC(=O)N1CCOc2ccc(Br)cc2C1.NCCO.O=Cc1cc(Br)ccc1O.[2H]CC. The first-order valence-electron chi connectivity index (χ1n) is 17.8. The average Bonchev–Trinajstić information content (AvgIpc) is 3.32. The number of carbonyl (C=O) groups is 3. The Morgan fingerprint density at radius 1 is 0.909 bits per heavy atom. The van der Waals surface area contributed by atoms with Gasteiger partial charge >= 0.3 is 12.2 Å². The quantitative estimate of drug-likeness (QED) is 0.149. The fourth-order valence-corrected chi connectivity index (χ4v) is 5.23. The summed E-state index contributed by atoms with van der Waals surface area (Å²) in [5.41, 5.74) is 5.56. The minimum Gasteiger partial charge on any atom is -0.508 e. The van der Waals surface area contributed by atoms with Crippen molar-refractivity contribution in [3.63, 3.8) is 0 Å². The maximum absolute atomic E-state index is 12.1. The molecule has 1 aliphatic heterocycles. The summed E-state index contributed by atoms with van der Waals surface area (Å²) in [6.45, 7) is 15.3. The van der Waals surface area contributed by atoms with Crippen LogP contribution in [-0.4, -0.2) is 99.4 Å². The first-order valence-corrected chi connectivity index (χ1v) is 19.5. The third-order valence-electron chi connectivity index (χ3n) is 6.32. The molecule has 55 heavy (non-hydrogen) atoms. The lowest BCUT2D eigenvalue weighted by atomic mass is 10.2. The van der Waals surface area contributed by atoms with Crippen molar-refractivity contribution in [3.8, 4) is 17.2 Å². The fraction of sp³-hybridized carbons (Fsp3) is 0.462. The Morgan fingerprint density at radius 2 is 1.44 bits per heavy atom. The minimum absolute atomic E-state index is 0.0122. The van der Waals surface area contributed by atoms with Crippen molar-refractivity contribution in [1.82, 2.24) is 9.80 Å². The molecule has 0 aromatic heterocycles. The van der Waals surface area contributed by atoms with Gasteiger partial charge < -0.3 is 50.2 Å². The highest BCUT2D eigenvalue weighted by molar-refractivity contribution is 9.11. The third-order valence-corrected chi connectivity index (χ3v) is 7.80. The van der Waals surface area contributed by atoms with Gasteiger partial charge in [-0.05, 0) is 96.1 Å². The van der Waals surface area contributed by atoms with Gasteiger partial charge in [0.25, 0.3) is 0 Å². The number of aromatic hydroxyl groups is 2. The molecule has 1 aliphatic rings. The number of aliphatic hydroxyl groups is 2. The van der Waals surface area contributed by atoms with Crippen LogP contribution in [0.4, 0.5) is 9.59 Å². The molecule has 4 rings (SSSR count). The van der Waals surface area contributed by atoms with Crippen LogP contribution >= 0.6 is 47.8 Å². The number of benzene rings is 3. The second-order valence-corrected chi connectivity index (χ2v) is 16.0. The molecule has 0 unspecified atom stereocenters. The van der Waals surface area contributed by atoms with E-state index in [2.05, 4.69) is 47.8 Å². The number of fused-ring (bicyclic) bond motifs is 1. The first-order chi connectivity index (χ1) is 26.1. The second-order valence-electron chi connectivity index (χ2n) is 13.2. The summed E-state index contributed by atoms with van der Waals surface area (Å²) >= 11 is 9.91. The number of nitrogens with zero attached hydrogens (tertiary/aromatic N) is 2. The summed E-state index contributed by atoms with van der Waals surface area (Å²) in [5, 5.41) is 35.6. The Labute approximate surface area is 351 Å². The molecule has 3 aromatic rings. The maximum Gasteiger partial charge on any atom is 0.410 e. The van der Waals surface area contributed by atoms with Gasteiger partial charge in [0.05, 0.1) is 38.4 Å². The lowest BCUT2D eigenvalue weighted by Gasteiger charge is -2.27. The average molecular weight is 968 g/mol. The van der Waals surface area contributed by atoms with Crippen molar-refractivity contribution in [2.45, 2.75) is 79.7 Å². The molecule has 0 saturated heterocycles. The monoisotopic (exact) mass is 964 g/mol. The lowest BCUT2D eigenvalue weighted by molar-refractivity contribution is 0.0197. The van der Waals surface area contributed by atoms with Crippen molar-refractivity contribution < 1.29 is 50.4 Å². The number of hydrogen-bond acceptors (Lipinski definition) is 11. The van der Waals surface area contributed by atoms with Crippen LogP contribution in [0.3, 0.4) is 0 Å². The predicted molar refractivity (Wildman–Crippen MR) is 225 cm³/mol. The van der Waals surface area contributed by atoms with Crippen LogP contribution in [0.5, 0.6) is 17.2 Å². The number of aliphatic hydroxyl groups excluding tert-OH is 2. The highest BCUT2D eigenvalue weighted by Gasteiger charge is 2.25. The van der Waals surface area contributed by atoms with E-state index in [-0.39, 0.29) is 43.9 Å². The molecule has 0 bridgehead atoms. The van der Waals surface area contributed by atoms with Crippen LogP contribution < -0.4 is 10.5 Å². The van der Waals surface area contributed by atoms with Crippen molar-refractivity contribution in [2.75, 3.05) is 39.5 Å². The minimum atomic E-state index is -0.607. The van der Waals surface area contributed by atoms with Gasteiger partial charge in [0.15, 0.2) is 6.29 Å². The molecule has 0 atom stereocenters. The number of nitrogens with two attached hydrogens (primary N) is 1. The third kappa shape index (κ3) is 22.1. The lowest BCUT2D eigenvalue weighted by Crippen LogP contribution is -2.38. The molecule has 0 saturated carbocycles. The first kappa shape index (κ1) is 49.6. The molecule has 308 valence electrons. The van der Waals surface area contributed by atoms with Gasteiger partial charge in [-0.3, -0.25) is 4.79 Å². The van der Waals surface area contributed by atoms with E-state index in [1.54, 1.807) is 62.9 Å². The van der Waals surface area contributed by atoms with Crippen molar-refractivity contribution in [1.29, 1.82) is 0 Å². The number of halogens is 3. The number of amides is 2. The Morgan fingerprint density at radius 3 is 1.95 bits per heavy atom. The highest BCUT2D eigenvalue weighted by Crippen LogP contribution is 2.28. The largest absolute Gasteiger partial charge is 0.508 e. The zero-order valence-electron chi connectivity index (χ0n) is 33.5. The number of phenolic OH excluding ortho intramolecular Hbond substituents is 2. The standard InChI is InChI=1S/C14H20BrNO4.C14H18BrNO3.C7H5BrO2.C2H7NO.C2H6/c1-14(2,3)20-13(19)16(6-7-17)9-10-8-11(15)4-5-12(10)18;1-14(2,3)19-13(17)16-6-7-18-12-5-4-11(15)8-10(12)9-16;8-6-1-2-7(10)5(3-6)4-9;3-1-2-4;1-2/h4-5,8,17-18H,6-7,9H2,1-3H3;4-5,8H,6-7,9H2,1-3H3;1-4,10H;4H,1-3H2;1-2H3/i;;;;1D. The Kier molecular flexibility index (Phi) is 23.9. The number of aldehydes is 1. The summed E-state index contributed by atoms with van der Waals surface area (Å²) in [6, 6.07) is 15.5. The van der Waals surface area contributed by atoms with E-state index in [4.69, 9.17) is 36.6 Å². The van der Waals surface area contributed by atoms with E-state index in [0.717, 1.165) is 24.7 Å². The van der Waals surface area contributed by atoms with Crippen molar-refractivity contribution in [2.24, 2.45) is 5.73 Å². The number of phenols is 2. The Balaban J connectivity index is 0.000000775. The topological polar surface area (TPSA) is 192 Å². The molecule has 2 amide bonds. The summed E-state index contributed by atoms with van der Waals surface area (Å²) in [7, 11) is 0. The smallest absolute Gasteiger partial charge is 0.410 e. The van der Waals surface area contributed by atoms with E-state index in [1.807, 2.05) is 39.0 Å². The van der Waals surface area contributed by atoms with Gasteiger partial charge in [-0.15, -0.1) is 0 Å². The van der Waals surface area contributed by atoms with Gasteiger partial charge in [0, 0.05) is 39.0 Å². The number of ether oxygens (including phenoxy) is 3. The van der Waals surface area contributed by atoms with Crippen LogP contribution in [0.1, 0.15) is 78.2 Å². The molecule has 0 fully saturated rings. The van der Waals surface area contributed by atoms with E-state index in [9.17, 15) is 19.5 Å². The Hall–Kier alpha value is -3.41. The molecule has 0 radical (unpaired) electrons. The zero-order chi connectivity index (χ0) is 43.1. The molecule has 16 heteroatoms. The van der Waals surface area contributed by atoms with E-state index in [0.29, 0.717) is 50.6 Å². The Bertz CT molecular complexity index is 1640. The summed E-state index contributed by atoms with van der Waals surface area (Å²) in [5.74, 6) is 0.937. The van der Waals surface area contributed by atoms with E-state index < -0.39 is 17.3 Å². The molecule has 0 aliphatic carbocycles. The summed E-state index contributed by atoms with van der Waals surface area (Å²) < 4.78 is 25.1. The van der Waals surface area contributed by atoms with E-state index in [1.165, 1.54) is 11.0 Å². The molecule has 6 N–H and O–H groups in total. The molecular formula is C39H56Br3N3O10. The van der Waals surface area contributed by atoms with Crippen LogP contribution in [-0.2, 0) is 22.6 Å². The van der Waals surface area contributed by atoms with Crippen LogP contribution in [0.25, 0.3) is 0 Å². The van der Waals surface area contributed by atoms with Crippen molar-refractivity contribution in [3.05, 3.63) is 84.7 Å². The summed E-state index contributed by atoms with van der Waals surface area (Å²) in [4.78, 5) is 37.4. The van der Waals surface area contributed by atoms with Gasteiger partial charge in [0.2, 0.25) is 0 Å². The zero-order valence-corrected chi connectivity index (χ0v) is 37.2. The molecule has 0 spiro atoms. The fourth-order valence-electron chi connectivity index (χ4n) is 4.03. The molecule has 3 aromatic carbocycles. The van der Waals surface area contributed by atoms with Gasteiger partial charge in [-0.25, -0.2) is 9.59 Å². The maximum atomic E-state index is 12.1. The second kappa shape index (κ2) is 26.4. The molecule has 13 nitrogen and oxygen atoms in total. The van der Waals surface area contributed by atoms with Gasteiger partial charge in [0.1, 0.15) is 35.1 Å². The number of rotatable bonds is 6. The van der Waals surface area contributed by atoms with Crippen molar-refractivity contribution >= 4 is 66.3 Å². The van der Waals surface area contributed by atoms with Gasteiger partial charge in [-0.2, -0.15) is 0 Å². The normalized spacial score (nSPS) is 11.9. The predicted octanol–water partition coefficient (Wildman–Crippen LogP) is 8.39. The van der Waals surface area contributed by atoms with Crippen LogP contribution in [0.2, 0.25) is 0 Å². The van der Waals surface area contributed by atoms with Crippen LogP contribution in [0, 0.1) is 0 Å². The van der Waals surface area contributed by atoms with Gasteiger partial charge in [-0.1, -0.05) is 61.6 Å². The molecular weight excluding hydrogens is 910 g/mol.